The number of methoxy groups -OCH3 is 1. The van der Waals surface area contributed by atoms with Gasteiger partial charge in [0.1, 0.15) is 5.75 Å². The van der Waals surface area contributed by atoms with Crippen LogP contribution < -0.4 is 10.1 Å². The zero-order valence-corrected chi connectivity index (χ0v) is 13.8. The van der Waals surface area contributed by atoms with Crippen molar-refractivity contribution in [1.29, 1.82) is 0 Å². The fraction of sp³-hybridized carbons (Fsp3) is 0.611. The highest BCUT2D eigenvalue weighted by Gasteiger charge is 2.24. The van der Waals surface area contributed by atoms with Crippen molar-refractivity contribution in [1.82, 2.24) is 10.2 Å². The van der Waals surface area contributed by atoms with Crippen molar-refractivity contribution in [2.75, 3.05) is 26.7 Å². The molecule has 1 aliphatic carbocycles. The second kappa shape index (κ2) is 7.21. The number of nitrogens with zero attached hydrogens (tertiary/aromatic N) is 1. The Balaban J connectivity index is 1.60. The van der Waals surface area contributed by atoms with E-state index in [4.69, 9.17) is 4.74 Å². The maximum atomic E-state index is 12.3. The number of fused-ring (bicyclic) bond motifs is 1. The third kappa shape index (κ3) is 3.78. The monoisotopic (exact) mass is 318 g/mol. The van der Waals surface area contributed by atoms with Crippen molar-refractivity contribution in [3.8, 4) is 5.75 Å². The summed E-state index contributed by atoms with van der Waals surface area (Å²) in [6.07, 6.45) is 4.61. The number of benzene rings is 1. The lowest BCUT2D eigenvalue weighted by Gasteiger charge is -2.31. The minimum Gasteiger partial charge on any atom is -0.497 e. The molecule has 0 bridgehead atoms. The lowest BCUT2D eigenvalue weighted by atomic mass is 9.82. The van der Waals surface area contributed by atoms with E-state index in [2.05, 4.69) is 17.4 Å². The molecule has 3 rings (SSSR count). The Labute approximate surface area is 137 Å². The topological polar surface area (TPSA) is 61.8 Å². The molecule has 1 aliphatic heterocycles. The van der Waals surface area contributed by atoms with Crippen LogP contribution in [-0.4, -0.2) is 48.9 Å². The van der Waals surface area contributed by atoms with Crippen LogP contribution in [0.25, 0.3) is 0 Å². The molecule has 1 saturated heterocycles. The first-order valence-corrected chi connectivity index (χ1v) is 8.55. The fourth-order valence-corrected chi connectivity index (χ4v) is 3.69. The number of carbonyl (C=O) groups is 1. The second-order valence-electron chi connectivity index (χ2n) is 6.58. The number of ether oxygens (including phenoxy) is 1. The summed E-state index contributed by atoms with van der Waals surface area (Å²) in [5, 5.41) is 12.7. The SMILES string of the molecule is COc1ccc2c(c1)CCC[C@@H]2CNC(=O)N1CCC[C@H](O)C1. The zero-order chi connectivity index (χ0) is 16.2. The number of aliphatic hydroxyl groups excluding tert-OH is 1. The molecule has 0 aromatic heterocycles. The van der Waals surface area contributed by atoms with Crippen LogP contribution in [0.3, 0.4) is 0 Å². The molecule has 5 heteroatoms. The number of aliphatic hydroxyl groups is 1. The summed E-state index contributed by atoms with van der Waals surface area (Å²) < 4.78 is 5.30. The number of hydrogen-bond donors (Lipinski definition) is 2. The van der Waals surface area contributed by atoms with Gasteiger partial charge in [-0.05, 0) is 55.4 Å². The molecule has 126 valence electrons. The van der Waals surface area contributed by atoms with Crippen LogP contribution in [0.1, 0.15) is 42.7 Å². The molecule has 2 N–H and O–H groups in total. The van der Waals surface area contributed by atoms with Gasteiger partial charge in [0.15, 0.2) is 0 Å². The number of carbonyl (C=O) groups excluding carboxylic acids is 1. The lowest BCUT2D eigenvalue weighted by Crippen LogP contribution is -2.48. The highest BCUT2D eigenvalue weighted by Crippen LogP contribution is 2.33. The molecular weight excluding hydrogens is 292 g/mol. The van der Waals surface area contributed by atoms with Crippen LogP contribution in [0.4, 0.5) is 4.79 Å². The molecule has 2 atom stereocenters. The summed E-state index contributed by atoms with van der Waals surface area (Å²) in [5.41, 5.74) is 2.67. The van der Waals surface area contributed by atoms with Crippen molar-refractivity contribution < 1.29 is 14.6 Å². The predicted octanol–water partition coefficient (Wildman–Crippen LogP) is 2.28. The van der Waals surface area contributed by atoms with Gasteiger partial charge in [0, 0.05) is 25.6 Å². The largest absolute Gasteiger partial charge is 0.497 e. The van der Waals surface area contributed by atoms with Crippen molar-refractivity contribution in [3.05, 3.63) is 29.3 Å². The van der Waals surface area contributed by atoms with Gasteiger partial charge in [-0.15, -0.1) is 0 Å². The van der Waals surface area contributed by atoms with E-state index in [0.29, 0.717) is 19.0 Å². The van der Waals surface area contributed by atoms with E-state index in [9.17, 15) is 9.90 Å². The van der Waals surface area contributed by atoms with Gasteiger partial charge >= 0.3 is 6.03 Å². The molecule has 0 spiro atoms. The van der Waals surface area contributed by atoms with E-state index < -0.39 is 0 Å². The summed E-state index contributed by atoms with van der Waals surface area (Å²) in [6, 6.07) is 6.20. The molecule has 1 fully saturated rings. The minimum absolute atomic E-state index is 0.0515. The van der Waals surface area contributed by atoms with E-state index in [1.54, 1.807) is 12.0 Å². The molecule has 0 saturated carbocycles. The number of β-amino-alcohol motifs (C(OH)–C–C–N with tert-alkyl or cyclic N) is 1. The van der Waals surface area contributed by atoms with Gasteiger partial charge < -0.3 is 20.1 Å². The fourth-order valence-electron chi connectivity index (χ4n) is 3.69. The third-order valence-corrected chi connectivity index (χ3v) is 4.97. The summed E-state index contributed by atoms with van der Waals surface area (Å²) in [4.78, 5) is 14.0. The van der Waals surface area contributed by atoms with Gasteiger partial charge in [-0.3, -0.25) is 0 Å². The van der Waals surface area contributed by atoms with Crippen LogP contribution in [0, 0.1) is 0 Å². The van der Waals surface area contributed by atoms with Crippen LogP contribution >= 0.6 is 0 Å². The Kier molecular flexibility index (Phi) is 5.06. The maximum absolute atomic E-state index is 12.3. The summed E-state index contributed by atoms with van der Waals surface area (Å²) in [6.45, 7) is 1.84. The standard InChI is InChI=1S/C18H26N2O3/c1-23-16-7-8-17-13(10-16)4-2-5-14(17)11-19-18(22)20-9-3-6-15(21)12-20/h7-8,10,14-15,21H,2-6,9,11-12H2,1H3,(H,19,22)/t14-,15+/m1/s1. The highest BCUT2D eigenvalue weighted by atomic mass is 16.5. The number of urea groups is 1. The Morgan fingerprint density at radius 3 is 3.04 bits per heavy atom. The van der Waals surface area contributed by atoms with Gasteiger partial charge in [0.25, 0.3) is 0 Å². The first kappa shape index (κ1) is 16.1. The first-order chi connectivity index (χ1) is 11.2. The number of nitrogens with one attached hydrogen (secondary N) is 1. The Bertz CT molecular complexity index is 561. The number of rotatable bonds is 3. The van der Waals surface area contributed by atoms with Crippen LogP contribution in [-0.2, 0) is 6.42 Å². The number of amides is 2. The van der Waals surface area contributed by atoms with E-state index in [1.165, 1.54) is 11.1 Å². The first-order valence-electron chi connectivity index (χ1n) is 8.55. The number of likely N-dealkylation sites (tertiary alicyclic amines) is 1. The molecule has 23 heavy (non-hydrogen) atoms. The smallest absolute Gasteiger partial charge is 0.317 e. The molecule has 2 amide bonds. The molecule has 0 radical (unpaired) electrons. The molecule has 1 heterocycles. The van der Waals surface area contributed by atoms with Gasteiger partial charge in [0.05, 0.1) is 13.2 Å². The van der Waals surface area contributed by atoms with E-state index in [0.717, 1.165) is 44.4 Å². The van der Waals surface area contributed by atoms with Crippen molar-refractivity contribution >= 4 is 6.03 Å². The second-order valence-corrected chi connectivity index (χ2v) is 6.58. The average Bonchev–Trinajstić information content (AvgIpc) is 2.59. The van der Waals surface area contributed by atoms with E-state index in [1.807, 2.05) is 6.07 Å². The lowest BCUT2D eigenvalue weighted by molar-refractivity contribution is 0.0841. The average molecular weight is 318 g/mol. The molecule has 2 aliphatic rings. The van der Waals surface area contributed by atoms with Crippen molar-refractivity contribution in [2.24, 2.45) is 0 Å². The van der Waals surface area contributed by atoms with Gasteiger partial charge in [-0.2, -0.15) is 0 Å². The van der Waals surface area contributed by atoms with Gasteiger partial charge in [-0.25, -0.2) is 4.79 Å². The molecule has 1 aromatic carbocycles. The molecule has 1 aromatic rings. The van der Waals surface area contributed by atoms with Crippen LogP contribution in [0.2, 0.25) is 0 Å². The maximum Gasteiger partial charge on any atom is 0.317 e. The van der Waals surface area contributed by atoms with Crippen LogP contribution in [0.15, 0.2) is 18.2 Å². The summed E-state index contributed by atoms with van der Waals surface area (Å²) >= 11 is 0. The summed E-state index contributed by atoms with van der Waals surface area (Å²) in [5.74, 6) is 1.26. The quantitative estimate of drug-likeness (QED) is 0.899. The molecular formula is C18H26N2O3. The minimum atomic E-state index is -0.377. The predicted molar refractivity (Wildman–Crippen MR) is 88.9 cm³/mol. The normalized spacial score (nSPS) is 24.0. The number of aryl methyl sites for hydroxylation is 1. The Hall–Kier alpha value is -1.75. The molecule has 0 unspecified atom stereocenters. The number of piperidine rings is 1. The Morgan fingerprint density at radius 1 is 1.39 bits per heavy atom. The third-order valence-electron chi connectivity index (χ3n) is 4.97. The molecule has 5 nitrogen and oxygen atoms in total. The van der Waals surface area contributed by atoms with E-state index >= 15 is 0 Å². The van der Waals surface area contributed by atoms with Crippen LogP contribution in [0.5, 0.6) is 5.75 Å². The summed E-state index contributed by atoms with van der Waals surface area (Å²) in [7, 11) is 1.69. The van der Waals surface area contributed by atoms with E-state index in [-0.39, 0.29) is 12.1 Å². The van der Waals surface area contributed by atoms with Gasteiger partial charge in [0.2, 0.25) is 0 Å². The van der Waals surface area contributed by atoms with Crippen molar-refractivity contribution in [3.63, 3.8) is 0 Å². The highest BCUT2D eigenvalue weighted by molar-refractivity contribution is 5.74. The zero-order valence-electron chi connectivity index (χ0n) is 13.8. The number of hydrogen-bond acceptors (Lipinski definition) is 3. The Morgan fingerprint density at radius 2 is 2.26 bits per heavy atom. The van der Waals surface area contributed by atoms with Gasteiger partial charge in [-0.1, -0.05) is 6.07 Å². The van der Waals surface area contributed by atoms with Crippen molar-refractivity contribution in [2.45, 2.75) is 44.1 Å².